The number of piperazine rings is 1. The number of nitrogen functional groups attached to an aromatic ring is 1. The van der Waals surface area contributed by atoms with Gasteiger partial charge in [0.25, 0.3) is 0 Å². The molecule has 158 valence electrons. The Labute approximate surface area is 180 Å². The summed E-state index contributed by atoms with van der Waals surface area (Å²) in [6.45, 7) is 2.42. The Kier molecular flexibility index (Phi) is 5.97. The highest BCUT2D eigenvalue weighted by Gasteiger charge is 2.41. The molecule has 2 saturated heterocycles. The standard InChI is InChI=1S/C23H25ClFN3O2/c1-30-22-10-16(21(26)11-20(22)24)4-9-23(29)28-18-7-8-19(28)14-27(13-18)12-15-2-5-17(25)6-3-15/h2-6,9-11,18-19H,7-8,12-14,26H2,1H3. The molecule has 1 amide bonds. The van der Waals surface area contributed by atoms with Crippen LogP contribution in [0, 0.1) is 5.82 Å². The molecule has 2 atom stereocenters. The van der Waals surface area contributed by atoms with Gasteiger partial charge in [0.2, 0.25) is 5.91 Å². The normalized spacial score (nSPS) is 21.4. The van der Waals surface area contributed by atoms with Crippen LogP contribution in [0.3, 0.4) is 0 Å². The van der Waals surface area contributed by atoms with Gasteiger partial charge >= 0.3 is 0 Å². The topological polar surface area (TPSA) is 58.8 Å². The summed E-state index contributed by atoms with van der Waals surface area (Å²) in [5.74, 6) is 0.296. The maximum Gasteiger partial charge on any atom is 0.247 e. The Hall–Kier alpha value is -2.57. The van der Waals surface area contributed by atoms with Crippen LogP contribution in [0.4, 0.5) is 10.1 Å². The second kappa shape index (κ2) is 8.66. The molecule has 2 aliphatic heterocycles. The molecule has 2 unspecified atom stereocenters. The van der Waals surface area contributed by atoms with E-state index in [1.807, 2.05) is 17.0 Å². The van der Waals surface area contributed by atoms with Crippen LogP contribution < -0.4 is 10.5 Å². The number of nitrogens with two attached hydrogens (primary N) is 1. The van der Waals surface area contributed by atoms with Crippen molar-refractivity contribution in [2.75, 3.05) is 25.9 Å². The third kappa shape index (κ3) is 4.30. The molecule has 5 nitrogen and oxygen atoms in total. The van der Waals surface area contributed by atoms with Crippen LogP contribution in [-0.4, -0.2) is 48.0 Å². The summed E-state index contributed by atoms with van der Waals surface area (Å²) in [5, 5.41) is 0.439. The molecule has 0 aromatic heterocycles. The highest BCUT2D eigenvalue weighted by atomic mass is 35.5. The molecule has 2 heterocycles. The number of nitrogens with zero attached hydrogens (tertiary/aromatic N) is 2. The molecule has 30 heavy (non-hydrogen) atoms. The van der Waals surface area contributed by atoms with E-state index in [2.05, 4.69) is 4.90 Å². The molecule has 2 aromatic carbocycles. The zero-order valence-electron chi connectivity index (χ0n) is 16.9. The van der Waals surface area contributed by atoms with Crippen molar-refractivity contribution in [1.29, 1.82) is 0 Å². The van der Waals surface area contributed by atoms with E-state index in [1.54, 1.807) is 31.4 Å². The van der Waals surface area contributed by atoms with Crippen LogP contribution in [0.5, 0.6) is 5.75 Å². The van der Waals surface area contributed by atoms with Crippen LogP contribution >= 0.6 is 11.6 Å². The predicted octanol–water partition coefficient (Wildman–Crippen LogP) is 3.96. The Bertz CT molecular complexity index is 950. The minimum absolute atomic E-state index is 0.00255. The van der Waals surface area contributed by atoms with Crippen molar-refractivity contribution in [2.24, 2.45) is 0 Å². The summed E-state index contributed by atoms with van der Waals surface area (Å²) in [6, 6.07) is 10.4. The SMILES string of the molecule is COc1cc(C=CC(=O)N2C3CCC2CN(Cc2ccc(F)cc2)C3)c(N)cc1Cl. The number of methoxy groups -OCH3 is 1. The molecule has 0 spiro atoms. The summed E-state index contributed by atoms with van der Waals surface area (Å²) >= 11 is 6.08. The van der Waals surface area contributed by atoms with E-state index in [4.69, 9.17) is 22.1 Å². The Morgan fingerprint density at radius 3 is 2.53 bits per heavy atom. The van der Waals surface area contributed by atoms with Gasteiger partial charge in [-0.2, -0.15) is 0 Å². The minimum atomic E-state index is -0.222. The van der Waals surface area contributed by atoms with Crippen LogP contribution in [-0.2, 0) is 11.3 Å². The molecular weight excluding hydrogens is 405 g/mol. The molecule has 2 N–H and O–H groups in total. The number of benzene rings is 2. The van der Waals surface area contributed by atoms with Crippen LogP contribution in [0.15, 0.2) is 42.5 Å². The van der Waals surface area contributed by atoms with E-state index in [1.165, 1.54) is 12.1 Å². The molecule has 2 aromatic rings. The van der Waals surface area contributed by atoms with E-state index in [-0.39, 0.29) is 23.8 Å². The second-order valence-corrected chi connectivity index (χ2v) is 8.31. The van der Waals surface area contributed by atoms with Crippen molar-refractivity contribution in [1.82, 2.24) is 9.80 Å². The van der Waals surface area contributed by atoms with Gasteiger partial charge in [-0.1, -0.05) is 23.7 Å². The maximum absolute atomic E-state index is 13.1. The molecule has 2 aliphatic rings. The second-order valence-electron chi connectivity index (χ2n) is 7.90. The lowest BCUT2D eigenvalue weighted by Gasteiger charge is -2.40. The third-order valence-corrected chi connectivity index (χ3v) is 6.19. The summed E-state index contributed by atoms with van der Waals surface area (Å²) in [4.78, 5) is 17.3. The zero-order chi connectivity index (χ0) is 21.3. The van der Waals surface area contributed by atoms with Gasteiger partial charge in [0.1, 0.15) is 11.6 Å². The summed E-state index contributed by atoms with van der Waals surface area (Å²) in [7, 11) is 1.54. The molecule has 7 heteroatoms. The van der Waals surface area contributed by atoms with Gasteiger partial charge in [-0.15, -0.1) is 0 Å². The first kappa shape index (κ1) is 20.7. The van der Waals surface area contributed by atoms with Crippen molar-refractivity contribution < 1.29 is 13.9 Å². The van der Waals surface area contributed by atoms with Gasteiger partial charge in [-0.25, -0.2) is 4.39 Å². The Morgan fingerprint density at radius 2 is 1.90 bits per heavy atom. The Morgan fingerprint density at radius 1 is 1.23 bits per heavy atom. The van der Waals surface area contributed by atoms with Gasteiger partial charge in [0.05, 0.1) is 12.1 Å². The monoisotopic (exact) mass is 429 g/mol. The zero-order valence-corrected chi connectivity index (χ0v) is 17.6. The first-order valence-corrected chi connectivity index (χ1v) is 10.4. The van der Waals surface area contributed by atoms with Gasteiger partial charge in [-0.05, 0) is 48.7 Å². The van der Waals surface area contributed by atoms with Crippen LogP contribution in [0.1, 0.15) is 24.0 Å². The Balaban J connectivity index is 1.42. The van der Waals surface area contributed by atoms with Crippen LogP contribution in [0.2, 0.25) is 5.02 Å². The van der Waals surface area contributed by atoms with E-state index in [9.17, 15) is 9.18 Å². The first-order valence-electron chi connectivity index (χ1n) is 10.0. The van der Waals surface area contributed by atoms with Gasteiger partial charge in [0.15, 0.2) is 0 Å². The summed E-state index contributed by atoms with van der Waals surface area (Å²) < 4.78 is 18.4. The number of hydrogen-bond acceptors (Lipinski definition) is 4. The summed E-state index contributed by atoms with van der Waals surface area (Å²) in [5.41, 5.74) is 8.31. The molecule has 2 bridgehead atoms. The number of halogens is 2. The molecule has 2 fully saturated rings. The number of likely N-dealkylation sites (tertiary alicyclic amines) is 1. The third-order valence-electron chi connectivity index (χ3n) is 5.89. The fraction of sp³-hybridized carbons (Fsp3) is 0.348. The molecular formula is C23H25ClFN3O2. The average molecular weight is 430 g/mol. The number of amides is 1. The van der Waals surface area contributed by atoms with Crippen molar-refractivity contribution in [3.63, 3.8) is 0 Å². The van der Waals surface area contributed by atoms with Crippen molar-refractivity contribution in [3.8, 4) is 5.75 Å². The van der Waals surface area contributed by atoms with Gasteiger partial charge in [0, 0.05) is 49.0 Å². The fourth-order valence-electron chi connectivity index (χ4n) is 4.46. The quantitative estimate of drug-likeness (QED) is 0.577. The van der Waals surface area contributed by atoms with E-state index >= 15 is 0 Å². The predicted molar refractivity (Wildman–Crippen MR) is 117 cm³/mol. The smallest absolute Gasteiger partial charge is 0.247 e. The molecule has 0 aliphatic carbocycles. The van der Waals surface area contributed by atoms with Crippen molar-refractivity contribution >= 4 is 29.3 Å². The first-order chi connectivity index (χ1) is 14.4. The lowest BCUT2D eigenvalue weighted by atomic mass is 10.1. The van der Waals surface area contributed by atoms with Crippen molar-refractivity contribution in [3.05, 3.63) is 64.4 Å². The number of ether oxygens (including phenoxy) is 1. The lowest BCUT2D eigenvalue weighted by Crippen LogP contribution is -2.55. The van der Waals surface area contributed by atoms with E-state index < -0.39 is 0 Å². The average Bonchev–Trinajstić information content (AvgIpc) is 2.99. The minimum Gasteiger partial charge on any atom is -0.495 e. The largest absolute Gasteiger partial charge is 0.495 e. The number of rotatable bonds is 5. The fourth-order valence-corrected chi connectivity index (χ4v) is 4.71. The lowest BCUT2D eigenvalue weighted by molar-refractivity contribution is -0.131. The number of fused-ring (bicyclic) bond motifs is 2. The highest BCUT2D eigenvalue weighted by molar-refractivity contribution is 6.32. The van der Waals surface area contributed by atoms with Crippen LogP contribution in [0.25, 0.3) is 6.08 Å². The van der Waals surface area contributed by atoms with E-state index in [0.29, 0.717) is 22.0 Å². The number of carbonyl (C=O) groups excluding carboxylic acids is 1. The molecule has 0 radical (unpaired) electrons. The highest BCUT2D eigenvalue weighted by Crippen LogP contribution is 2.32. The maximum atomic E-state index is 13.1. The van der Waals surface area contributed by atoms with E-state index in [0.717, 1.165) is 38.0 Å². The van der Waals surface area contributed by atoms with Gasteiger partial charge in [-0.3, -0.25) is 9.69 Å². The van der Waals surface area contributed by atoms with Gasteiger partial charge < -0.3 is 15.4 Å². The molecule has 4 rings (SSSR count). The van der Waals surface area contributed by atoms with Crippen molar-refractivity contribution in [2.45, 2.75) is 31.5 Å². The molecule has 0 saturated carbocycles. The number of hydrogen-bond donors (Lipinski definition) is 1. The summed E-state index contributed by atoms with van der Waals surface area (Å²) in [6.07, 6.45) is 5.31. The number of carbonyl (C=O) groups is 1. The number of anilines is 1.